The Hall–Kier alpha value is -2.67. The van der Waals surface area contributed by atoms with Crippen molar-refractivity contribution in [1.82, 2.24) is 15.5 Å². The van der Waals surface area contributed by atoms with Crippen LogP contribution in [0.15, 0.2) is 41.8 Å². The number of thiophene rings is 1. The number of aromatic amines is 1. The number of halogens is 1. The van der Waals surface area contributed by atoms with Crippen molar-refractivity contribution in [3.63, 3.8) is 0 Å². The molecule has 134 valence electrons. The van der Waals surface area contributed by atoms with Gasteiger partial charge in [-0.25, -0.2) is 4.39 Å². The highest BCUT2D eigenvalue weighted by molar-refractivity contribution is 7.13. The summed E-state index contributed by atoms with van der Waals surface area (Å²) in [6.07, 6.45) is 2.19. The molecule has 2 N–H and O–H groups in total. The lowest BCUT2D eigenvalue weighted by Gasteiger charge is -2.21. The summed E-state index contributed by atoms with van der Waals surface area (Å²) >= 11 is 1.61. The molecule has 0 saturated carbocycles. The molecule has 3 heterocycles. The molecule has 0 bridgehead atoms. The molecule has 2 aromatic heterocycles. The van der Waals surface area contributed by atoms with Crippen LogP contribution in [0.3, 0.4) is 0 Å². The standard InChI is InChI=1S/C19H19FN4OS/c20-13-5-6-17(24-7-1-2-8-24)15(10-13)19(25)21-12-14-11-16(23-22-14)18-4-3-9-26-18/h3-6,9-11H,1-2,7-8,12H2,(H,21,25)(H,22,23). The number of benzene rings is 1. The number of amides is 1. The first-order valence-corrected chi connectivity index (χ1v) is 9.49. The van der Waals surface area contributed by atoms with E-state index < -0.39 is 5.82 Å². The minimum atomic E-state index is -0.403. The number of aromatic nitrogens is 2. The van der Waals surface area contributed by atoms with E-state index in [1.807, 2.05) is 23.6 Å². The second-order valence-electron chi connectivity index (χ2n) is 6.29. The Morgan fingerprint density at radius 2 is 2.12 bits per heavy atom. The van der Waals surface area contributed by atoms with Gasteiger partial charge in [0.25, 0.3) is 5.91 Å². The molecule has 0 atom stereocenters. The van der Waals surface area contributed by atoms with Gasteiger partial charge in [-0.1, -0.05) is 6.07 Å². The van der Waals surface area contributed by atoms with Crippen LogP contribution in [-0.4, -0.2) is 29.2 Å². The fourth-order valence-corrected chi connectivity index (χ4v) is 3.88. The zero-order valence-corrected chi connectivity index (χ0v) is 15.0. The molecule has 0 aliphatic carbocycles. The Morgan fingerprint density at radius 1 is 1.27 bits per heavy atom. The average molecular weight is 370 g/mol. The van der Waals surface area contributed by atoms with Crippen LogP contribution in [0.5, 0.6) is 0 Å². The van der Waals surface area contributed by atoms with Crippen molar-refractivity contribution >= 4 is 22.9 Å². The molecule has 1 aliphatic heterocycles. The van der Waals surface area contributed by atoms with Crippen molar-refractivity contribution < 1.29 is 9.18 Å². The minimum absolute atomic E-state index is 0.279. The highest BCUT2D eigenvalue weighted by Crippen LogP contribution is 2.26. The molecule has 1 amide bonds. The van der Waals surface area contributed by atoms with E-state index in [9.17, 15) is 9.18 Å². The molecule has 26 heavy (non-hydrogen) atoms. The maximum Gasteiger partial charge on any atom is 0.253 e. The molecule has 7 heteroatoms. The highest BCUT2D eigenvalue weighted by Gasteiger charge is 2.20. The van der Waals surface area contributed by atoms with Gasteiger partial charge >= 0.3 is 0 Å². The summed E-state index contributed by atoms with van der Waals surface area (Å²) in [6, 6.07) is 10.3. The van der Waals surface area contributed by atoms with Crippen molar-refractivity contribution in [2.24, 2.45) is 0 Å². The zero-order chi connectivity index (χ0) is 17.9. The van der Waals surface area contributed by atoms with Crippen molar-refractivity contribution in [1.29, 1.82) is 0 Å². The first kappa shape index (κ1) is 16.8. The van der Waals surface area contributed by atoms with Crippen molar-refractivity contribution in [3.05, 3.63) is 58.9 Å². The van der Waals surface area contributed by atoms with Gasteiger partial charge in [-0.2, -0.15) is 5.10 Å². The van der Waals surface area contributed by atoms with Gasteiger partial charge in [0.1, 0.15) is 11.5 Å². The molecule has 0 radical (unpaired) electrons. The SMILES string of the molecule is O=C(NCc1cc(-c2cccs2)n[nH]1)c1cc(F)ccc1N1CCCC1. The van der Waals surface area contributed by atoms with E-state index in [2.05, 4.69) is 20.4 Å². The van der Waals surface area contributed by atoms with Crippen LogP contribution in [0.1, 0.15) is 28.9 Å². The van der Waals surface area contributed by atoms with Gasteiger partial charge in [-0.3, -0.25) is 9.89 Å². The van der Waals surface area contributed by atoms with Crippen LogP contribution in [0.25, 0.3) is 10.6 Å². The number of carbonyl (C=O) groups excluding carboxylic acids is 1. The lowest BCUT2D eigenvalue weighted by molar-refractivity contribution is 0.0950. The number of hydrogen-bond acceptors (Lipinski definition) is 4. The Morgan fingerprint density at radius 3 is 2.88 bits per heavy atom. The lowest BCUT2D eigenvalue weighted by Crippen LogP contribution is -2.27. The summed E-state index contributed by atoms with van der Waals surface area (Å²) in [5.74, 6) is -0.682. The topological polar surface area (TPSA) is 61.0 Å². The largest absolute Gasteiger partial charge is 0.371 e. The highest BCUT2D eigenvalue weighted by atomic mass is 32.1. The van der Waals surface area contributed by atoms with E-state index in [0.717, 1.165) is 47.9 Å². The second kappa shape index (κ2) is 7.29. The fourth-order valence-electron chi connectivity index (χ4n) is 3.20. The molecule has 1 aromatic carbocycles. The van der Waals surface area contributed by atoms with E-state index in [0.29, 0.717) is 12.1 Å². The predicted octanol–water partition coefficient (Wildman–Crippen LogP) is 3.81. The van der Waals surface area contributed by atoms with Crippen LogP contribution in [-0.2, 0) is 6.54 Å². The molecule has 3 aromatic rings. The molecule has 1 aliphatic rings. The van der Waals surface area contributed by atoms with Gasteiger partial charge in [0, 0.05) is 18.8 Å². The maximum absolute atomic E-state index is 13.7. The van der Waals surface area contributed by atoms with Crippen LogP contribution >= 0.6 is 11.3 Å². The molecular weight excluding hydrogens is 351 g/mol. The quantitative estimate of drug-likeness (QED) is 0.718. The van der Waals surface area contributed by atoms with Gasteiger partial charge in [0.05, 0.1) is 22.7 Å². The van der Waals surface area contributed by atoms with Gasteiger partial charge in [-0.15, -0.1) is 11.3 Å². The van der Waals surface area contributed by atoms with Crippen molar-refractivity contribution in [3.8, 4) is 10.6 Å². The van der Waals surface area contributed by atoms with Crippen LogP contribution in [0.2, 0.25) is 0 Å². The molecule has 5 nitrogen and oxygen atoms in total. The number of anilines is 1. The fraction of sp³-hybridized carbons (Fsp3) is 0.263. The minimum Gasteiger partial charge on any atom is -0.371 e. The Labute approximate surface area is 154 Å². The number of carbonyl (C=O) groups is 1. The third-order valence-electron chi connectivity index (χ3n) is 4.49. The smallest absolute Gasteiger partial charge is 0.253 e. The van der Waals surface area contributed by atoms with Gasteiger partial charge in [0.15, 0.2) is 0 Å². The van der Waals surface area contributed by atoms with Crippen LogP contribution < -0.4 is 10.2 Å². The van der Waals surface area contributed by atoms with Gasteiger partial charge in [0.2, 0.25) is 0 Å². The number of H-pyrrole nitrogens is 1. The van der Waals surface area contributed by atoms with E-state index in [1.165, 1.54) is 12.1 Å². The normalized spacial score (nSPS) is 14.0. The Balaban J connectivity index is 1.47. The summed E-state index contributed by atoms with van der Waals surface area (Å²) in [5, 5.41) is 12.1. The summed E-state index contributed by atoms with van der Waals surface area (Å²) in [4.78, 5) is 15.9. The molecule has 0 spiro atoms. The second-order valence-corrected chi connectivity index (χ2v) is 7.24. The van der Waals surface area contributed by atoms with E-state index in [-0.39, 0.29) is 5.91 Å². The zero-order valence-electron chi connectivity index (χ0n) is 14.2. The van der Waals surface area contributed by atoms with Gasteiger partial charge in [-0.05, 0) is 48.6 Å². The lowest BCUT2D eigenvalue weighted by atomic mass is 10.1. The molecule has 1 fully saturated rings. The van der Waals surface area contributed by atoms with Gasteiger partial charge < -0.3 is 10.2 Å². The maximum atomic E-state index is 13.7. The molecule has 0 unspecified atom stereocenters. The van der Waals surface area contributed by atoms with E-state index in [4.69, 9.17) is 0 Å². The predicted molar refractivity (Wildman–Crippen MR) is 101 cm³/mol. The molecular formula is C19H19FN4OS. The number of hydrogen-bond donors (Lipinski definition) is 2. The molecule has 1 saturated heterocycles. The number of rotatable bonds is 5. The van der Waals surface area contributed by atoms with Crippen LogP contribution in [0, 0.1) is 5.82 Å². The van der Waals surface area contributed by atoms with E-state index in [1.54, 1.807) is 17.4 Å². The van der Waals surface area contributed by atoms with Crippen molar-refractivity contribution in [2.45, 2.75) is 19.4 Å². The average Bonchev–Trinajstić information content (AvgIpc) is 3.41. The monoisotopic (exact) mass is 370 g/mol. The van der Waals surface area contributed by atoms with Crippen molar-refractivity contribution in [2.75, 3.05) is 18.0 Å². The summed E-state index contributed by atoms with van der Waals surface area (Å²) in [5.41, 5.74) is 2.84. The Bertz CT molecular complexity index is 900. The Kier molecular flexibility index (Phi) is 4.71. The first-order valence-electron chi connectivity index (χ1n) is 8.61. The number of nitrogens with zero attached hydrogens (tertiary/aromatic N) is 2. The number of nitrogens with one attached hydrogen (secondary N) is 2. The first-order chi connectivity index (χ1) is 12.7. The summed E-state index contributed by atoms with van der Waals surface area (Å²) < 4.78 is 13.7. The van der Waals surface area contributed by atoms with E-state index >= 15 is 0 Å². The third kappa shape index (κ3) is 3.48. The third-order valence-corrected chi connectivity index (χ3v) is 5.39. The molecule has 4 rings (SSSR count). The summed E-state index contributed by atoms with van der Waals surface area (Å²) in [7, 11) is 0. The van der Waals surface area contributed by atoms with Crippen LogP contribution in [0.4, 0.5) is 10.1 Å². The summed E-state index contributed by atoms with van der Waals surface area (Å²) in [6.45, 7) is 2.11.